The third-order valence-corrected chi connectivity index (χ3v) is 5.59. The van der Waals surface area contributed by atoms with Crippen molar-refractivity contribution < 1.29 is 27.2 Å². The molecular formula is C20H16ClNO6S. The number of esters is 1. The van der Waals surface area contributed by atoms with Crippen LogP contribution in [0.15, 0.2) is 76.2 Å². The number of ketones is 1. The number of hydrogen-bond donors (Lipinski definition) is 1. The summed E-state index contributed by atoms with van der Waals surface area (Å²) in [5, 5.41) is 0.493. The smallest absolute Gasteiger partial charge is 0.338 e. The Bertz CT molecular complexity index is 1090. The van der Waals surface area contributed by atoms with Gasteiger partial charge in [-0.2, -0.15) is 0 Å². The number of halogens is 1. The molecule has 9 heteroatoms. The first-order chi connectivity index (χ1) is 13.8. The third kappa shape index (κ3) is 5.54. The maximum atomic E-state index is 12.3. The van der Waals surface area contributed by atoms with Crippen LogP contribution in [0.2, 0.25) is 5.02 Å². The normalized spacial score (nSPS) is 11.2. The van der Waals surface area contributed by atoms with Crippen LogP contribution in [0.25, 0.3) is 0 Å². The first-order valence-electron chi connectivity index (χ1n) is 8.43. The molecule has 1 heterocycles. The van der Waals surface area contributed by atoms with Gasteiger partial charge in [0.05, 0.1) is 23.3 Å². The van der Waals surface area contributed by atoms with Crippen molar-refractivity contribution in [3.63, 3.8) is 0 Å². The van der Waals surface area contributed by atoms with Gasteiger partial charge in [-0.1, -0.05) is 11.6 Å². The molecule has 0 aliphatic heterocycles. The summed E-state index contributed by atoms with van der Waals surface area (Å²) in [6, 6.07) is 14.7. The molecule has 29 heavy (non-hydrogen) atoms. The standard InChI is InChI=1S/C20H16ClNO6S/c21-16-7-3-14(4-8-16)19(23)13-28-20(24)15-5-9-18(10-6-15)29(25,26)22-12-17-2-1-11-27-17/h1-11,22H,12-13H2. The Labute approximate surface area is 172 Å². The molecule has 0 aliphatic rings. The Morgan fingerprint density at radius 1 is 0.966 bits per heavy atom. The molecule has 3 aromatic rings. The van der Waals surface area contributed by atoms with Gasteiger partial charge in [-0.3, -0.25) is 4.79 Å². The molecule has 0 amide bonds. The lowest BCUT2D eigenvalue weighted by atomic mass is 10.1. The van der Waals surface area contributed by atoms with Crippen LogP contribution in [0.1, 0.15) is 26.5 Å². The van der Waals surface area contributed by atoms with Crippen molar-refractivity contribution in [1.82, 2.24) is 4.72 Å². The Morgan fingerprint density at radius 3 is 2.24 bits per heavy atom. The van der Waals surface area contributed by atoms with E-state index in [1.807, 2.05) is 0 Å². The second kappa shape index (κ2) is 9.04. The topological polar surface area (TPSA) is 103 Å². The lowest BCUT2D eigenvalue weighted by Gasteiger charge is -2.07. The van der Waals surface area contributed by atoms with E-state index in [2.05, 4.69) is 4.72 Å². The van der Waals surface area contributed by atoms with Gasteiger partial charge < -0.3 is 9.15 Å². The molecule has 2 aromatic carbocycles. The average molecular weight is 434 g/mol. The van der Waals surface area contributed by atoms with Crippen LogP contribution in [0, 0.1) is 0 Å². The SMILES string of the molecule is O=C(COC(=O)c1ccc(S(=O)(=O)NCc2ccco2)cc1)c1ccc(Cl)cc1. The predicted octanol–water partition coefficient (Wildman–Crippen LogP) is 3.45. The molecule has 0 saturated carbocycles. The molecule has 0 saturated heterocycles. The van der Waals surface area contributed by atoms with Crippen LogP contribution in [0.3, 0.4) is 0 Å². The largest absolute Gasteiger partial charge is 0.468 e. The minimum absolute atomic E-state index is 0.00589. The van der Waals surface area contributed by atoms with E-state index in [0.717, 1.165) is 0 Å². The highest BCUT2D eigenvalue weighted by atomic mass is 35.5. The molecule has 0 unspecified atom stereocenters. The summed E-state index contributed by atoms with van der Waals surface area (Å²) in [6.45, 7) is -0.433. The maximum absolute atomic E-state index is 12.3. The summed E-state index contributed by atoms with van der Waals surface area (Å²) in [4.78, 5) is 24.1. The molecule has 1 N–H and O–H groups in total. The number of ether oxygens (including phenoxy) is 1. The van der Waals surface area contributed by atoms with Crippen LogP contribution in [-0.4, -0.2) is 26.8 Å². The van der Waals surface area contributed by atoms with E-state index in [-0.39, 0.29) is 22.8 Å². The van der Waals surface area contributed by atoms with Gasteiger partial charge in [-0.25, -0.2) is 17.9 Å². The molecule has 0 aliphatic carbocycles. The lowest BCUT2D eigenvalue weighted by molar-refractivity contribution is 0.0474. The molecule has 1 aromatic heterocycles. The van der Waals surface area contributed by atoms with E-state index < -0.39 is 22.6 Å². The Balaban J connectivity index is 1.58. The zero-order valence-electron chi connectivity index (χ0n) is 15.0. The number of nitrogens with one attached hydrogen (secondary N) is 1. The summed E-state index contributed by atoms with van der Waals surface area (Å²) in [5.74, 6) is -0.643. The summed E-state index contributed by atoms with van der Waals surface area (Å²) < 4.78 is 37.0. The number of benzene rings is 2. The van der Waals surface area contributed by atoms with E-state index in [9.17, 15) is 18.0 Å². The van der Waals surface area contributed by atoms with Crippen LogP contribution >= 0.6 is 11.6 Å². The minimum atomic E-state index is -3.77. The van der Waals surface area contributed by atoms with Gasteiger partial charge in [0, 0.05) is 10.6 Å². The van der Waals surface area contributed by atoms with Crippen LogP contribution in [0.4, 0.5) is 0 Å². The predicted molar refractivity (Wildman–Crippen MR) is 105 cm³/mol. The quantitative estimate of drug-likeness (QED) is 0.431. The molecule has 0 spiro atoms. The van der Waals surface area contributed by atoms with E-state index in [1.54, 1.807) is 24.3 Å². The third-order valence-electron chi connectivity index (χ3n) is 3.92. The van der Waals surface area contributed by atoms with Crippen LogP contribution in [-0.2, 0) is 21.3 Å². The summed E-state index contributed by atoms with van der Waals surface area (Å²) in [7, 11) is -3.77. The number of sulfonamides is 1. The fourth-order valence-corrected chi connectivity index (χ4v) is 3.49. The molecule has 0 atom stereocenters. The fourth-order valence-electron chi connectivity index (χ4n) is 2.37. The van der Waals surface area contributed by atoms with Gasteiger partial charge in [0.15, 0.2) is 12.4 Å². The van der Waals surface area contributed by atoms with Crippen molar-refractivity contribution in [2.24, 2.45) is 0 Å². The summed E-state index contributed by atoms with van der Waals surface area (Å²) >= 11 is 5.77. The highest BCUT2D eigenvalue weighted by molar-refractivity contribution is 7.89. The molecule has 0 bridgehead atoms. The van der Waals surface area contributed by atoms with Gasteiger partial charge in [-0.15, -0.1) is 0 Å². The molecular weight excluding hydrogens is 418 g/mol. The first-order valence-corrected chi connectivity index (χ1v) is 10.3. The zero-order chi connectivity index (χ0) is 20.9. The zero-order valence-corrected chi connectivity index (χ0v) is 16.6. The Kier molecular flexibility index (Phi) is 6.48. The van der Waals surface area contributed by atoms with Crippen molar-refractivity contribution in [2.45, 2.75) is 11.4 Å². The molecule has 3 rings (SSSR count). The van der Waals surface area contributed by atoms with E-state index in [1.165, 1.54) is 42.7 Å². The summed E-state index contributed by atoms with van der Waals surface area (Å²) in [5.41, 5.74) is 0.491. The van der Waals surface area contributed by atoms with Crippen molar-refractivity contribution >= 4 is 33.4 Å². The Hall–Kier alpha value is -2.94. The van der Waals surface area contributed by atoms with Crippen LogP contribution < -0.4 is 4.72 Å². The number of rotatable bonds is 8. The summed E-state index contributed by atoms with van der Waals surface area (Å²) in [6.07, 6.45) is 1.45. The molecule has 150 valence electrons. The second-order valence-corrected chi connectivity index (χ2v) is 8.14. The van der Waals surface area contributed by atoms with Crippen molar-refractivity contribution in [3.05, 3.63) is 88.8 Å². The number of carbonyl (C=O) groups excluding carboxylic acids is 2. The number of Topliss-reactive ketones (excluding diaryl/α,β-unsaturated/α-hetero) is 1. The molecule has 0 radical (unpaired) electrons. The monoisotopic (exact) mass is 433 g/mol. The van der Waals surface area contributed by atoms with Crippen molar-refractivity contribution in [3.8, 4) is 0 Å². The van der Waals surface area contributed by atoms with Gasteiger partial charge in [-0.05, 0) is 60.7 Å². The van der Waals surface area contributed by atoms with Gasteiger partial charge in [0.2, 0.25) is 10.0 Å². The van der Waals surface area contributed by atoms with E-state index in [4.69, 9.17) is 20.8 Å². The minimum Gasteiger partial charge on any atom is -0.468 e. The maximum Gasteiger partial charge on any atom is 0.338 e. The number of furan rings is 1. The van der Waals surface area contributed by atoms with Crippen LogP contribution in [0.5, 0.6) is 0 Å². The highest BCUT2D eigenvalue weighted by Gasteiger charge is 2.17. The molecule has 0 fully saturated rings. The number of carbonyl (C=O) groups is 2. The average Bonchev–Trinajstić information content (AvgIpc) is 3.25. The van der Waals surface area contributed by atoms with Crippen molar-refractivity contribution in [1.29, 1.82) is 0 Å². The molecule has 7 nitrogen and oxygen atoms in total. The number of hydrogen-bond acceptors (Lipinski definition) is 6. The first kappa shape index (κ1) is 20.8. The van der Waals surface area contributed by atoms with E-state index in [0.29, 0.717) is 16.3 Å². The highest BCUT2D eigenvalue weighted by Crippen LogP contribution is 2.13. The van der Waals surface area contributed by atoms with E-state index >= 15 is 0 Å². The lowest BCUT2D eigenvalue weighted by Crippen LogP contribution is -2.23. The van der Waals surface area contributed by atoms with Gasteiger partial charge >= 0.3 is 5.97 Å². The second-order valence-electron chi connectivity index (χ2n) is 5.93. The van der Waals surface area contributed by atoms with Crippen molar-refractivity contribution in [2.75, 3.05) is 6.61 Å². The van der Waals surface area contributed by atoms with Gasteiger partial charge in [0.25, 0.3) is 0 Å². The Morgan fingerprint density at radius 2 is 1.62 bits per heavy atom. The van der Waals surface area contributed by atoms with Gasteiger partial charge in [0.1, 0.15) is 5.76 Å². The fraction of sp³-hybridized carbons (Fsp3) is 0.100.